The van der Waals surface area contributed by atoms with Crippen LogP contribution in [-0.2, 0) is 6.54 Å². The lowest BCUT2D eigenvalue weighted by Gasteiger charge is -2.02. The highest BCUT2D eigenvalue weighted by Gasteiger charge is 2.17. The maximum Gasteiger partial charge on any atom is 0.258 e. The van der Waals surface area contributed by atoms with Crippen molar-refractivity contribution < 1.29 is 18.8 Å². The van der Waals surface area contributed by atoms with Gasteiger partial charge in [0.1, 0.15) is 6.33 Å². The number of ether oxygens (including phenoxy) is 2. The van der Waals surface area contributed by atoms with E-state index in [4.69, 9.17) is 14.0 Å². The Morgan fingerprint density at radius 3 is 3.07 bits per heavy atom. The minimum absolute atomic E-state index is 0.130. The zero-order valence-corrected chi connectivity index (χ0v) is 13.8. The molecule has 0 atom stereocenters. The van der Waals surface area contributed by atoms with Crippen LogP contribution in [0.25, 0.3) is 17.1 Å². The van der Waals surface area contributed by atoms with E-state index in [1.165, 1.54) is 6.33 Å². The zero-order valence-electron chi connectivity index (χ0n) is 13.8. The summed E-state index contributed by atoms with van der Waals surface area (Å²) in [4.78, 5) is 20.7. The average Bonchev–Trinajstić information content (AvgIpc) is 3.44. The van der Waals surface area contributed by atoms with Crippen LogP contribution in [-0.4, -0.2) is 37.4 Å². The highest BCUT2D eigenvalue weighted by Crippen LogP contribution is 2.35. The molecule has 3 aromatic heterocycles. The number of pyridine rings is 1. The number of nitrogens with one attached hydrogen (secondary N) is 1. The van der Waals surface area contributed by atoms with Crippen molar-refractivity contribution in [2.75, 3.05) is 6.79 Å². The molecule has 0 saturated carbocycles. The number of rotatable bonds is 4. The van der Waals surface area contributed by atoms with Crippen molar-refractivity contribution in [2.24, 2.45) is 0 Å². The molecule has 1 aliphatic heterocycles. The molecule has 27 heavy (non-hydrogen) atoms. The van der Waals surface area contributed by atoms with E-state index in [-0.39, 0.29) is 19.2 Å². The highest BCUT2D eigenvalue weighted by atomic mass is 16.7. The second-order valence-corrected chi connectivity index (χ2v) is 5.74. The summed E-state index contributed by atoms with van der Waals surface area (Å²) in [5.74, 6) is 1.73. The number of hydrogen-bond donors (Lipinski definition) is 1. The van der Waals surface area contributed by atoms with Crippen LogP contribution < -0.4 is 14.8 Å². The molecule has 1 amide bonds. The van der Waals surface area contributed by atoms with Crippen LogP contribution in [0.1, 0.15) is 16.2 Å². The van der Waals surface area contributed by atoms with Crippen LogP contribution in [0.15, 0.2) is 47.4 Å². The van der Waals surface area contributed by atoms with E-state index in [0.29, 0.717) is 40.0 Å². The molecule has 1 aromatic carbocycles. The first kappa shape index (κ1) is 15.3. The Bertz CT molecular complexity index is 1150. The summed E-state index contributed by atoms with van der Waals surface area (Å²) in [6.45, 7) is 0.325. The maximum absolute atomic E-state index is 12.3. The van der Waals surface area contributed by atoms with Crippen molar-refractivity contribution in [1.29, 1.82) is 0 Å². The van der Waals surface area contributed by atoms with Crippen molar-refractivity contribution >= 4 is 11.6 Å². The third-order valence-electron chi connectivity index (χ3n) is 4.04. The van der Waals surface area contributed by atoms with Gasteiger partial charge in [-0.25, -0.2) is 9.50 Å². The van der Waals surface area contributed by atoms with Crippen LogP contribution in [0.4, 0.5) is 0 Å². The Morgan fingerprint density at radius 1 is 1.19 bits per heavy atom. The van der Waals surface area contributed by atoms with E-state index >= 15 is 0 Å². The second kappa shape index (κ2) is 6.09. The number of nitrogens with zero attached hydrogens (tertiary/aromatic N) is 5. The van der Waals surface area contributed by atoms with Crippen LogP contribution in [0, 0.1) is 0 Å². The first-order valence-electron chi connectivity index (χ1n) is 8.06. The Morgan fingerprint density at radius 2 is 2.11 bits per heavy atom. The van der Waals surface area contributed by atoms with E-state index in [9.17, 15) is 4.79 Å². The number of amides is 1. The van der Waals surface area contributed by atoms with Gasteiger partial charge < -0.3 is 19.3 Å². The molecule has 10 heteroatoms. The van der Waals surface area contributed by atoms with E-state index < -0.39 is 0 Å². The molecule has 0 spiro atoms. The van der Waals surface area contributed by atoms with Gasteiger partial charge in [-0.15, -0.1) is 0 Å². The molecule has 10 nitrogen and oxygen atoms in total. The Kier molecular flexibility index (Phi) is 3.46. The van der Waals surface area contributed by atoms with Gasteiger partial charge in [-0.3, -0.25) is 4.79 Å². The number of carbonyl (C=O) groups excluding carboxylic acids is 1. The lowest BCUT2D eigenvalue weighted by molar-refractivity contribution is 0.0949. The monoisotopic (exact) mass is 364 g/mol. The summed E-state index contributed by atoms with van der Waals surface area (Å²) in [7, 11) is 0. The molecule has 134 valence electrons. The highest BCUT2D eigenvalue weighted by molar-refractivity contribution is 5.94. The molecule has 0 aliphatic carbocycles. The summed E-state index contributed by atoms with van der Waals surface area (Å²) >= 11 is 0. The molecule has 4 heterocycles. The van der Waals surface area contributed by atoms with Crippen molar-refractivity contribution in [3.8, 4) is 23.0 Å². The molecule has 5 rings (SSSR count). The van der Waals surface area contributed by atoms with Gasteiger partial charge in [0.25, 0.3) is 11.8 Å². The normalized spacial score (nSPS) is 12.4. The fourth-order valence-electron chi connectivity index (χ4n) is 2.69. The van der Waals surface area contributed by atoms with E-state index in [2.05, 4.69) is 25.5 Å². The first-order chi connectivity index (χ1) is 13.3. The molecular formula is C17H12N6O4. The quantitative estimate of drug-likeness (QED) is 0.578. The smallest absolute Gasteiger partial charge is 0.258 e. The lowest BCUT2D eigenvalue weighted by atomic mass is 10.2. The van der Waals surface area contributed by atoms with Crippen LogP contribution in [0.3, 0.4) is 0 Å². The van der Waals surface area contributed by atoms with Crippen LogP contribution in [0.5, 0.6) is 11.5 Å². The van der Waals surface area contributed by atoms with Crippen LogP contribution >= 0.6 is 0 Å². The molecular weight excluding hydrogens is 352 g/mol. The number of carbonyl (C=O) groups is 1. The second-order valence-electron chi connectivity index (χ2n) is 5.74. The summed E-state index contributed by atoms with van der Waals surface area (Å²) in [6.07, 6.45) is 3.09. The Labute approximate surface area is 151 Å². The summed E-state index contributed by atoms with van der Waals surface area (Å²) in [5.41, 5.74) is 1.77. The molecule has 1 aliphatic rings. The molecule has 1 N–H and O–H groups in total. The van der Waals surface area contributed by atoms with Crippen molar-refractivity contribution in [3.63, 3.8) is 0 Å². The first-order valence-corrected chi connectivity index (χ1v) is 8.06. The third-order valence-corrected chi connectivity index (χ3v) is 4.04. The van der Waals surface area contributed by atoms with Crippen molar-refractivity contribution in [2.45, 2.75) is 6.54 Å². The average molecular weight is 364 g/mol. The Hall–Kier alpha value is -3.95. The largest absolute Gasteiger partial charge is 0.454 e. The van der Waals surface area contributed by atoms with Gasteiger partial charge in [0.2, 0.25) is 6.79 Å². The van der Waals surface area contributed by atoms with Gasteiger partial charge in [-0.1, -0.05) is 5.16 Å². The predicted molar refractivity (Wildman–Crippen MR) is 90.0 cm³/mol. The fraction of sp³-hybridized carbons (Fsp3) is 0.118. The van der Waals surface area contributed by atoms with Gasteiger partial charge in [0.15, 0.2) is 23.0 Å². The molecule has 0 saturated heterocycles. The zero-order chi connectivity index (χ0) is 18.2. The van der Waals surface area contributed by atoms with Crippen molar-refractivity contribution in [1.82, 2.24) is 30.1 Å². The number of fused-ring (bicyclic) bond motifs is 2. The van der Waals surface area contributed by atoms with Gasteiger partial charge in [-0.05, 0) is 30.3 Å². The number of hydrogen-bond acceptors (Lipinski definition) is 8. The third kappa shape index (κ3) is 2.82. The summed E-state index contributed by atoms with van der Waals surface area (Å²) in [5, 5.41) is 10.6. The lowest BCUT2D eigenvalue weighted by Crippen LogP contribution is -2.23. The Balaban J connectivity index is 1.28. The standard InChI is InChI=1S/C17H12N6O4/c24-16(10-3-4-23-15(6-10)19-8-20-23)18-7-14-21-17(27-22-14)11-1-2-12-13(5-11)26-9-25-12/h1-6,8H,7,9H2,(H,18,24). The summed E-state index contributed by atoms with van der Waals surface area (Å²) in [6, 6.07) is 8.66. The minimum Gasteiger partial charge on any atom is -0.454 e. The van der Waals surface area contributed by atoms with E-state index in [1.54, 1.807) is 41.0 Å². The van der Waals surface area contributed by atoms with Gasteiger partial charge in [0.05, 0.1) is 6.54 Å². The topological polar surface area (TPSA) is 117 Å². The summed E-state index contributed by atoms with van der Waals surface area (Å²) < 4.78 is 17.5. The number of aromatic nitrogens is 5. The minimum atomic E-state index is -0.269. The van der Waals surface area contributed by atoms with Gasteiger partial charge in [0, 0.05) is 17.3 Å². The van der Waals surface area contributed by atoms with E-state index in [1.807, 2.05) is 0 Å². The maximum atomic E-state index is 12.3. The molecule has 0 fully saturated rings. The van der Waals surface area contributed by atoms with Crippen molar-refractivity contribution in [3.05, 3.63) is 54.2 Å². The molecule has 0 bridgehead atoms. The van der Waals surface area contributed by atoms with E-state index in [0.717, 1.165) is 0 Å². The SMILES string of the molecule is O=C(NCc1noc(-c2ccc3c(c2)OCO3)n1)c1ccn2ncnc2c1. The molecule has 0 unspecified atom stereocenters. The fourth-order valence-corrected chi connectivity index (χ4v) is 2.69. The van der Waals surface area contributed by atoms with Gasteiger partial charge >= 0.3 is 0 Å². The van der Waals surface area contributed by atoms with Crippen LogP contribution in [0.2, 0.25) is 0 Å². The number of benzene rings is 1. The predicted octanol–water partition coefficient (Wildman–Crippen LogP) is 1.44. The molecule has 0 radical (unpaired) electrons. The van der Waals surface area contributed by atoms with Gasteiger partial charge in [-0.2, -0.15) is 10.1 Å². The molecule has 4 aromatic rings.